The van der Waals surface area contributed by atoms with Crippen molar-refractivity contribution in [3.63, 3.8) is 0 Å². The van der Waals surface area contributed by atoms with Crippen molar-refractivity contribution >= 4 is 34.6 Å². The highest BCUT2D eigenvalue weighted by Crippen LogP contribution is 2.25. The highest BCUT2D eigenvalue weighted by Gasteiger charge is 2.37. The van der Waals surface area contributed by atoms with Crippen LogP contribution in [0.3, 0.4) is 0 Å². The molecule has 1 aliphatic carbocycles. The minimum Gasteiger partial charge on any atom is -0.467 e. The van der Waals surface area contributed by atoms with Gasteiger partial charge in [0.15, 0.2) is 0 Å². The van der Waals surface area contributed by atoms with Gasteiger partial charge in [-0.25, -0.2) is 4.79 Å². The van der Waals surface area contributed by atoms with E-state index in [9.17, 15) is 19.2 Å². The van der Waals surface area contributed by atoms with Gasteiger partial charge in [-0.2, -0.15) is 0 Å². The van der Waals surface area contributed by atoms with Gasteiger partial charge in [0.1, 0.15) is 12.1 Å². The van der Waals surface area contributed by atoms with Gasteiger partial charge in [0, 0.05) is 30.2 Å². The lowest BCUT2D eigenvalue weighted by atomic mass is 9.90. The highest BCUT2D eigenvalue weighted by molar-refractivity contribution is 5.94. The number of nitrogens with one attached hydrogen (secondary N) is 2. The van der Waals surface area contributed by atoms with E-state index in [1.54, 1.807) is 9.80 Å². The maximum Gasteiger partial charge on any atom is 0.328 e. The third-order valence-electron chi connectivity index (χ3n) is 8.89. The molecule has 230 valence electrons. The van der Waals surface area contributed by atoms with Crippen molar-refractivity contribution in [2.45, 2.75) is 102 Å². The Labute approximate surface area is 249 Å². The van der Waals surface area contributed by atoms with E-state index in [1.165, 1.54) is 26.4 Å². The predicted octanol–water partition coefficient (Wildman–Crippen LogP) is 4.74. The fraction of sp³-hybridized carbons (Fsp3) is 0.636. The van der Waals surface area contributed by atoms with E-state index >= 15 is 0 Å². The lowest BCUT2D eigenvalue weighted by Gasteiger charge is -2.33. The Bertz CT molecular complexity index is 1200. The average molecular weight is 581 g/mol. The molecular formula is C33H48N4O5. The Hall–Kier alpha value is -3.36. The van der Waals surface area contributed by atoms with Crippen LogP contribution in [0.1, 0.15) is 89.5 Å². The molecule has 0 spiro atoms. The third kappa shape index (κ3) is 8.35. The maximum absolute atomic E-state index is 14.2. The quantitative estimate of drug-likeness (QED) is 0.352. The summed E-state index contributed by atoms with van der Waals surface area (Å²) in [5.41, 5.74) is 1.85. The Morgan fingerprint density at radius 3 is 2.52 bits per heavy atom. The monoisotopic (exact) mass is 580 g/mol. The number of aromatic amines is 1. The summed E-state index contributed by atoms with van der Waals surface area (Å²) in [7, 11) is 1.34. The first kappa shape index (κ1) is 31.6. The topological polar surface area (TPSA) is 112 Å². The molecular weight excluding hydrogens is 532 g/mol. The molecule has 1 aromatic heterocycles. The summed E-state index contributed by atoms with van der Waals surface area (Å²) in [6.45, 7) is 2.93. The van der Waals surface area contributed by atoms with Crippen LogP contribution in [0.25, 0.3) is 10.9 Å². The lowest BCUT2D eigenvalue weighted by Crippen LogP contribution is -2.54. The number of nitrogens with zero attached hydrogens (tertiary/aromatic N) is 2. The minimum absolute atomic E-state index is 0.0935. The number of unbranched alkanes of at least 4 members (excludes halogenated alkanes) is 1. The van der Waals surface area contributed by atoms with Gasteiger partial charge in [-0.05, 0) is 49.7 Å². The maximum atomic E-state index is 14.2. The SMILES string of the molecule is CCCC[C@H](NC(=O)Cc1c[nH]c2ccccc12)C(=O)N(CC(=O)N1CCC[C@@H]1C(=O)OC)CC1CCCCCCC1. The molecule has 2 fully saturated rings. The number of methoxy groups -OCH3 is 1. The van der Waals surface area contributed by atoms with Crippen molar-refractivity contribution in [1.29, 1.82) is 0 Å². The van der Waals surface area contributed by atoms with E-state index in [0.717, 1.165) is 61.4 Å². The van der Waals surface area contributed by atoms with Crippen LogP contribution in [0.5, 0.6) is 0 Å². The van der Waals surface area contributed by atoms with E-state index < -0.39 is 18.1 Å². The number of carbonyl (C=O) groups excluding carboxylic acids is 4. The van der Waals surface area contributed by atoms with Crippen LogP contribution in [-0.4, -0.2) is 77.3 Å². The van der Waals surface area contributed by atoms with E-state index in [2.05, 4.69) is 17.2 Å². The molecule has 0 unspecified atom stereocenters. The van der Waals surface area contributed by atoms with Crippen molar-refractivity contribution in [2.24, 2.45) is 5.92 Å². The molecule has 1 aromatic carbocycles. The molecule has 1 saturated carbocycles. The van der Waals surface area contributed by atoms with Gasteiger partial charge in [-0.1, -0.05) is 70.1 Å². The first-order valence-corrected chi connectivity index (χ1v) is 15.9. The number of likely N-dealkylation sites (tertiary alicyclic amines) is 1. The molecule has 0 bridgehead atoms. The van der Waals surface area contributed by atoms with Crippen molar-refractivity contribution in [2.75, 3.05) is 26.7 Å². The fourth-order valence-electron chi connectivity index (χ4n) is 6.55. The predicted molar refractivity (Wildman–Crippen MR) is 163 cm³/mol. The number of carbonyl (C=O) groups is 4. The first-order valence-electron chi connectivity index (χ1n) is 15.9. The number of hydrogen-bond acceptors (Lipinski definition) is 5. The van der Waals surface area contributed by atoms with E-state index in [-0.39, 0.29) is 30.7 Å². The molecule has 2 atom stereocenters. The van der Waals surface area contributed by atoms with Crippen LogP contribution in [0.15, 0.2) is 30.5 Å². The summed E-state index contributed by atoms with van der Waals surface area (Å²) in [5, 5.41) is 4.02. The summed E-state index contributed by atoms with van der Waals surface area (Å²) in [5.74, 6) is -0.756. The summed E-state index contributed by atoms with van der Waals surface area (Å²) in [4.78, 5) is 59.9. The summed E-state index contributed by atoms with van der Waals surface area (Å²) in [6, 6.07) is 6.53. The van der Waals surface area contributed by atoms with Crippen molar-refractivity contribution in [3.8, 4) is 0 Å². The highest BCUT2D eigenvalue weighted by atomic mass is 16.5. The number of H-pyrrole nitrogens is 1. The minimum atomic E-state index is -0.709. The molecule has 9 nitrogen and oxygen atoms in total. The molecule has 2 aromatic rings. The van der Waals surface area contributed by atoms with Crippen LogP contribution >= 0.6 is 0 Å². The normalized spacial score (nSPS) is 18.7. The third-order valence-corrected chi connectivity index (χ3v) is 8.89. The molecule has 0 radical (unpaired) electrons. The van der Waals surface area contributed by atoms with Gasteiger partial charge in [-0.3, -0.25) is 14.4 Å². The lowest BCUT2D eigenvalue weighted by molar-refractivity contribution is -0.152. The number of hydrogen-bond donors (Lipinski definition) is 2. The molecule has 1 saturated heterocycles. The molecule has 3 amide bonds. The number of amides is 3. The zero-order valence-corrected chi connectivity index (χ0v) is 25.4. The van der Waals surface area contributed by atoms with Crippen LogP contribution in [0.4, 0.5) is 0 Å². The summed E-state index contributed by atoms with van der Waals surface area (Å²) < 4.78 is 4.95. The zero-order valence-electron chi connectivity index (χ0n) is 25.4. The molecule has 2 N–H and O–H groups in total. The van der Waals surface area contributed by atoms with Gasteiger partial charge in [0.2, 0.25) is 17.7 Å². The average Bonchev–Trinajstić information content (AvgIpc) is 3.63. The second kappa shape index (κ2) is 15.8. The van der Waals surface area contributed by atoms with E-state index in [1.807, 2.05) is 30.5 Å². The van der Waals surface area contributed by atoms with Gasteiger partial charge in [-0.15, -0.1) is 0 Å². The molecule has 4 rings (SSSR count). The van der Waals surface area contributed by atoms with E-state index in [0.29, 0.717) is 31.8 Å². The number of aromatic nitrogens is 1. The van der Waals surface area contributed by atoms with Gasteiger partial charge < -0.3 is 24.8 Å². The van der Waals surface area contributed by atoms with Crippen molar-refractivity contribution in [1.82, 2.24) is 20.1 Å². The van der Waals surface area contributed by atoms with Gasteiger partial charge >= 0.3 is 5.97 Å². The number of para-hydroxylation sites is 1. The number of ether oxygens (including phenoxy) is 1. The smallest absolute Gasteiger partial charge is 0.328 e. The second-order valence-corrected chi connectivity index (χ2v) is 12.0. The standard InChI is InChI=1S/C33H48N4O5/c1-3-4-16-28(35-30(38)20-25-21-34-27-17-11-10-15-26(25)27)32(40)36(22-24-13-8-6-5-7-9-14-24)23-31(39)37-19-12-18-29(37)33(41)42-2/h10-11,15,17,21,24,28-29,34H,3-9,12-14,16,18-20,22-23H2,1-2H3,(H,35,38)/t28-,29+/m0/s1. The zero-order chi connectivity index (χ0) is 29.9. The molecule has 2 aliphatic rings. The summed E-state index contributed by atoms with van der Waals surface area (Å²) in [6.07, 6.45) is 13.4. The molecule has 1 aliphatic heterocycles. The van der Waals surface area contributed by atoms with Crippen LogP contribution in [-0.2, 0) is 30.3 Å². The summed E-state index contributed by atoms with van der Waals surface area (Å²) >= 11 is 0. The van der Waals surface area contributed by atoms with Gasteiger partial charge in [0.25, 0.3) is 0 Å². The Kier molecular flexibility index (Phi) is 11.8. The Balaban J connectivity index is 1.51. The molecule has 2 heterocycles. The van der Waals surface area contributed by atoms with Crippen molar-refractivity contribution < 1.29 is 23.9 Å². The van der Waals surface area contributed by atoms with Gasteiger partial charge in [0.05, 0.1) is 20.1 Å². The number of esters is 1. The van der Waals surface area contributed by atoms with Crippen LogP contribution in [0, 0.1) is 5.92 Å². The number of benzene rings is 1. The second-order valence-electron chi connectivity index (χ2n) is 12.0. The molecule has 42 heavy (non-hydrogen) atoms. The number of fused-ring (bicyclic) bond motifs is 1. The molecule has 9 heteroatoms. The van der Waals surface area contributed by atoms with Crippen molar-refractivity contribution in [3.05, 3.63) is 36.0 Å². The van der Waals surface area contributed by atoms with Crippen LogP contribution in [0.2, 0.25) is 0 Å². The Morgan fingerprint density at radius 2 is 1.79 bits per heavy atom. The van der Waals surface area contributed by atoms with Crippen LogP contribution < -0.4 is 5.32 Å². The van der Waals surface area contributed by atoms with E-state index in [4.69, 9.17) is 4.74 Å². The largest absolute Gasteiger partial charge is 0.467 e. The number of rotatable bonds is 12. The first-order chi connectivity index (χ1) is 20.4. The fourth-order valence-corrected chi connectivity index (χ4v) is 6.55. The Morgan fingerprint density at radius 1 is 1.05 bits per heavy atom.